The number of aryl methyl sites for hydroxylation is 1. The second kappa shape index (κ2) is 9.04. The van der Waals surface area contributed by atoms with Gasteiger partial charge in [-0.15, -0.1) is 10.2 Å². The fourth-order valence-corrected chi connectivity index (χ4v) is 3.87. The van der Waals surface area contributed by atoms with Crippen molar-refractivity contribution < 1.29 is 19.2 Å². The van der Waals surface area contributed by atoms with Gasteiger partial charge in [0.2, 0.25) is 0 Å². The smallest absolute Gasteiger partial charge is 0.284 e. The van der Waals surface area contributed by atoms with E-state index in [9.17, 15) is 14.9 Å². The molecule has 11 heteroatoms. The summed E-state index contributed by atoms with van der Waals surface area (Å²) in [6.07, 6.45) is 2.10. The van der Waals surface area contributed by atoms with E-state index >= 15 is 0 Å². The van der Waals surface area contributed by atoms with Gasteiger partial charge in [-0.3, -0.25) is 14.9 Å². The van der Waals surface area contributed by atoms with E-state index < -0.39 is 4.92 Å². The lowest BCUT2D eigenvalue weighted by atomic mass is 10.1. The van der Waals surface area contributed by atoms with Crippen molar-refractivity contribution in [2.45, 2.75) is 16.5 Å². The summed E-state index contributed by atoms with van der Waals surface area (Å²) < 4.78 is 12.7. The third-order valence-corrected chi connectivity index (χ3v) is 5.71. The number of nitrogens with zero attached hydrogens (tertiary/aromatic N) is 4. The first-order valence-electron chi connectivity index (χ1n) is 9.48. The lowest BCUT2D eigenvalue weighted by molar-refractivity contribution is -0.387. The monoisotopic (exact) mass is 441 g/mol. The molecule has 0 saturated heterocycles. The number of hydrogen-bond acceptors (Lipinski definition) is 8. The molecule has 2 heterocycles. The number of rotatable bonds is 7. The molecular formula is C20H19N5O5S. The Morgan fingerprint density at radius 2 is 2.03 bits per heavy atom. The van der Waals surface area contributed by atoms with Crippen LogP contribution >= 0.6 is 11.8 Å². The zero-order valence-electron chi connectivity index (χ0n) is 16.6. The van der Waals surface area contributed by atoms with E-state index in [1.54, 1.807) is 23.7 Å². The van der Waals surface area contributed by atoms with Crippen LogP contribution in [0.2, 0.25) is 0 Å². The maximum Gasteiger partial charge on any atom is 0.284 e. The summed E-state index contributed by atoms with van der Waals surface area (Å²) in [5.74, 6) is 1.03. The van der Waals surface area contributed by atoms with Gasteiger partial charge in [-0.2, -0.15) is 0 Å². The lowest BCUT2D eigenvalue weighted by Crippen LogP contribution is -2.25. The molecule has 0 saturated carbocycles. The highest BCUT2D eigenvalue weighted by Crippen LogP contribution is 2.34. The number of fused-ring (bicyclic) bond motifs is 1. The van der Waals surface area contributed by atoms with Gasteiger partial charge in [-0.1, -0.05) is 6.07 Å². The van der Waals surface area contributed by atoms with Crippen molar-refractivity contribution in [1.29, 1.82) is 0 Å². The summed E-state index contributed by atoms with van der Waals surface area (Å²) in [5, 5.41) is 22.5. The van der Waals surface area contributed by atoms with Crippen LogP contribution in [0.25, 0.3) is 0 Å². The zero-order valence-corrected chi connectivity index (χ0v) is 17.4. The Labute approximate surface area is 181 Å². The van der Waals surface area contributed by atoms with Gasteiger partial charge in [0.15, 0.2) is 16.7 Å². The highest BCUT2D eigenvalue weighted by molar-refractivity contribution is 7.99. The minimum atomic E-state index is -0.509. The first kappa shape index (κ1) is 20.7. The van der Waals surface area contributed by atoms with Gasteiger partial charge >= 0.3 is 0 Å². The Bertz CT molecular complexity index is 1130. The third kappa shape index (κ3) is 4.77. The van der Waals surface area contributed by atoms with E-state index in [0.717, 1.165) is 17.3 Å². The molecule has 0 fully saturated rings. The molecule has 0 radical (unpaired) electrons. The molecule has 160 valence electrons. The van der Waals surface area contributed by atoms with E-state index in [2.05, 4.69) is 15.5 Å². The molecule has 31 heavy (non-hydrogen) atoms. The molecule has 1 amide bonds. The van der Waals surface area contributed by atoms with Crippen molar-refractivity contribution in [1.82, 2.24) is 20.1 Å². The van der Waals surface area contributed by atoms with Crippen molar-refractivity contribution in [3.63, 3.8) is 0 Å². The Kier molecular flexibility index (Phi) is 6.03. The van der Waals surface area contributed by atoms with Gasteiger partial charge in [0.1, 0.15) is 19.5 Å². The highest BCUT2D eigenvalue weighted by atomic mass is 32.2. The van der Waals surface area contributed by atoms with Crippen LogP contribution in [0.5, 0.6) is 11.5 Å². The SMILES string of the molecule is Cn1cnnc1Sc1ccc(C(=O)NCCc2ccc3c(c2)OCCO3)cc1[N+](=O)[O-]. The maximum absolute atomic E-state index is 12.5. The average Bonchev–Trinajstić information content (AvgIpc) is 3.18. The van der Waals surface area contributed by atoms with Gasteiger partial charge in [-0.05, 0) is 48.0 Å². The highest BCUT2D eigenvalue weighted by Gasteiger charge is 2.20. The molecule has 1 aliphatic heterocycles. The summed E-state index contributed by atoms with van der Waals surface area (Å²) in [7, 11) is 1.75. The molecule has 3 aromatic rings. The van der Waals surface area contributed by atoms with Crippen LogP contribution < -0.4 is 14.8 Å². The summed E-state index contributed by atoms with van der Waals surface area (Å²) in [4.78, 5) is 23.9. The second-order valence-electron chi connectivity index (χ2n) is 6.75. The maximum atomic E-state index is 12.5. The van der Waals surface area contributed by atoms with Crippen molar-refractivity contribution in [2.24, 2.45) is 7.05 Å². The Hall–Kier alpha value is -3.60. The summed E-state index contributed by atoms with van der Waals surface area (Å²) in [5.41, 5.74) is 1.05. The number of carbonyl (C=O) groups is 1. The number of benzene rings is 2. The molecule has 1 aliphatic rings. The number of nitrogens with one attached hydrogen (secondary N) is 1. The molecular weight excluding hydrogens is 422 g/mol. The fraction of sp³-hybridized carbons (Fsp3) is 0.250. The largest absolute Gasteiger partial charge is 0.486 e. The third-order valence-electron chi connectivity index (χ3n) is 4.59. The molecule has 0 unspecified atom stereocenters. The second-order valence-corrected chi connectivity index (χ2v) is 7.76. The predicted octanol–water partition coefficient (Wildman–Crippen LogP) is 2.62. The molecule has 10 nitrogen and oxygen atoms in total. The van der Waals surface area contributed by atoms with Gasteiger partial charge in [0.25, 0.3) is 11.6 Å². The first-order chi connectivity index (χ1) is 15.0. The summed E-state index contributed by atoms with van der Waals surface area (Å²) in [6, 6.07) is 10.0. The van der Waals surface area contributed by atoms with Crippen LogP contribution in [0.1, 0.15) is 15.9 Å². The summed E-state index contributed by atoms with van der Waals surface area (Å²) in [6.45, 7) is 1.42. The molecule has 0 aliphatic carbocycles. The van der Waals surface area contributed by atoms with Crippen LogP contribution in [0.15, 0.2) is 52.8 Å². The Balaban J connectivity index is 1.40. The van der Waals surface area contributed by atoms with Crippen LogP contribution in [0.4, 0.5) is 5.69 Å². The number of carbonyl (C=O) groups excluding carboxylic acids is 1. The summed E-state index contributed by atoms with van der Waals surface area (Å²) >= 11 is 1.12. The van der Waals surface area contributed by atoms with Crippen molar-refractivity contribution in [2.75, 3.05) is 19.8 Å². The number of aromatic nitrogens is 3. The van der Waals surface area contributed by atoms with Gasteiger partial charge in [-0.25, -0.2) is 0 Å². The number of nitro groups is 1. The zero-order chi connectivity index (χ0) is 21.8. The van der Waals surface area contributed by atoms with Crippen molar-refractivity contribution in [3.05, 3.63) is 64.0 Å². The van der Waals surface area contributed by atoms with Gasteiger partial charge in [0.05, 0.1) is 9.82 Å². The molecule has 1 N–H and O–H groups in total. The van der Waals surface area contributed by atoms with E-state index in [1.165, 1.54) is 12.4 Å². The standard InChI is InChI=1S/C20H19N5O5S/c1-24-12-22-23-20(24)31-18-5-3-14(11-15(18)25(27)28)19(26)21-7-6-13-2-4-16-17(10-13)30-9-8-29-16/h2-5,10-12H,6-9H2,1H3,(H,21,26). The van der Waals surface area contributed by atoms with Crippen molar-refractivity contribution >= 4 is 23.4 Å². The minimum absolute atomic E-state index is 0.160. The van der Waals surface area contributed by atoms with Crippen molar-refractivity contribution in [3.8, 4) is 11.5 Å². The average molecular weight is 441 g/mol. The predicted molar refractivity (Wildman–Crippen MR) is 112 cm³/mol. The molecule has 0 spiro atoms. The first-order valence-corrected chi connectivity index (χ1v) is 10.3. The molecule has 0 atom stereocenters. The molecule has 2 aromatic carbocycles. The number of ether oxygens (including phenoxy) is 2. The Morgan fingerprint density at radius 3 is 2.77 bits per heavy atom. The normalized spacial score (nSPS) is 12.4. The van der Waals surface area contributed by atoms with E-state index in [4.69, 9.17) is 9.47 Å². The lowest BCUT2D eigenvalue weighted by Gasteiger charge is -2.18. The fourth-order valence-electron chi connectivity index (χ4n) is 3.02. The molecule has 4 rings (SSSR count). The molecule has 0 bridgehead atoms. The van der Waals surface area contributed by atoms with E-state index in [1.807, 2.05) is 18.2 Å². The van der Waals surface area contributed by atoms with Crippen LogP contribution in [0, 0.1) is 10.1 Å². The topological polar surface area (TPSA) is 121 Å². The minimum Gasteiger partial charge on any atom is -0.486 e. The number of hydrogen-bond donors (Lipinski definition) is 1. The Morgan fingerprint density at radius 1 is 1.23 bits per heavy atom. The quantitative estimate of drug-likeness (QED) is 0.439. The van der Waals surface area contributed by atoms with Gasteiger partial charge in [0, 0.05) is 25.2 Å². The van der Waals surface area contributed by atoms with Crippen LogP contribution in [-0.4, -0.2) is 45.4 Å². The van der Waals surface area contributed by atoms with Gasteiger partial charge < -0.3 is 19.4 Å². The molecule has 1 aromatic heterocycles. The van der Waals surface area contributed by atoms with Crippen LogP contribution in [0.3, 0.4) is 0 Å². The van der Waals surface area contributed by atoms with E-state index in [0.29, 0.717) is 47.7 Å². The number of nitro benzene ring substituents is 1. The van der Waals surface area contributed by atoms with E-state index in [-0.39, 0.29) is 17.2 Å². The van der Waals surface area contributed by atoms with Crippen LogP contribution in [-0.2, 0) is 13.5 Å². The number of amides is 1.